The van der Waals surface area contributed by atoms with Gasteiger partial charge in [-0.15, -0.1) is 12.4 Å². The van der Waals surface area contributed by atoms with Gasteiger partial charge in [-0.25, -0.2) is 0 Å². The lowest BCUT2D eigenvalue weighted by Crippen LogP contribution is -2.44. The van der Waals surface area contributed by atoms with E-state index in [1.807, 2.05) is 0 Å². The molecule has 0 aliphatic carbocycles. The van der Waals surface area contributed by atoms with Crippen LogP contribution in [0.1, 0.15) is 40.0 Å². The lowest BCUT2D eigenvalue weighted by atomic mass is 9.92. The van der Waals surface area contributed by atoms with Gasteiger partial charge in [0.05, 0.1) is 0 Å². The summed E-state index contributed by atoms with van der Waals surface area (Å²) in [4.78, 5) is 11.6. The monoisotopic (exact) mass is 248 g/mol. The molecule has 1 fully saturated rings. The van der Waals surface area contributed by atoms with Gasteiger partial charge in [0, 0.05) is 12.5 Å². The number of carbonyl (C=O) groups is 1. The van der Waals surface area contributed by atoms with Gasteiger partial charge >= 0.3 is 0 Å². The van der Waals surface area contributed by atoms with E-state index in [2.05, 4.69) is 31.4 Å². The summed E-state index contributed by atoms with van der Waals surface area (Å²) in [6.45, 7) is 8.45. The molecule has 0 aromatic rings. The first-order valence-corrected chi connectivity index (χ1v) is 6.09. The van der Waals surface area contributed by atoms with Gasteiger partial charge in [0.1, 0.15) is 0 Å². The van der Waals surface area contributed by atoms with Crippen LogP contribution in [-0.4, -0.2) is 25.0 Å². The van der Waals surface area contributed by atoms with Crippen LogP contribution in [0.3, 0.4) is 0 Å². The SMILES string of the molecule is CC(C)CC(=O)NC(C)C1CCCNC1.Cl. The van der Waals surface area contributed by atoms with Crippen LogP contribution in [0.15, 0.2) is 0 Å². The quantitative estimate of drug-likeness (QED) is 0.799. The van der Waals surface area contributed by atoms with Gasteiger partial charge in [-0.05, 0) is 44.7 Å². The normalized spacial score (nSPS) is 22.4. The minimum absolute atomic E-state index is 0. The number of hydrogen-bond donors (Lipinski definition) is 2. The molecule has 3 nitrogen and oxygen atoms in total. The predicted molar refractivity (Wildman–Crippen MR) is 69.9 cm³/mol. The molecule has 2 unspecified atom stereocenters. The molecular formula is C12H25ClN2O. The van der Waals surface area contributed by atoms with Gasteiger partial charge in [0.2, 0.25) is 5.91 Å². The molecule has 0 aromatic carbocycles. The zero-order valence-electron chi connectivity index (χ0n) is 10.6. The Bertz CT molecular complexity index is 203. The number of hydrogen-bond acceptors (Lipinski definition) is 2. The van der Waals surface area contributed by atoms with E-state index in [9.17, 15) is 4.79 Å². The fraction of sp³-hybridized carbons (Fsp3) is 0.917. The summed E-state index contributed by atoms with van der Waals surface area (Å²) < 4.78 is 0. The Labute approximate surface area is 105 Å². The van der Waals surface area contributed by atoms with Crippen molar-refractivity contribution in [2.24, 2.45) is 11.8 Å². The maximum atomic E-state index is 11.6. The molecular weight excluding hydrogens is 224 g/mol. The van der Waals surface area contributed by atoms with Crippen LogP contribution in [0.5, 0.6) is 0 Å². The van der Waals surface area contributed by atoms with E-state index in [4.69, 9.17) is 0 Å². The van der Waals surface area contributed by atoms with Crippen molar-refractivity contribution in [2.45, 2.75) is 46.1 Å². The third kappa shape index (κ3) is 5.71. The summed E-state index contributed by atoms with van der Waals surface area (Å²) in [6.07, 6.45) is 3.11. The molecule has 16 heavy (non-hydrogen) atoms. The lowest BCUT2D eigenvalue weighted by molar-refractivity contribution is -0.122. The van der Waals surface area contributed by atoms with Crippen LogP contribution in [0.4, 0.5) is 0 Å². The van der Waals surface area contributed by atoms with Gasteiger partial charge in [-0.1, -0.05) is 13.8 Å². The highest BCUT2D eigenvalue weighted by Gasteiger charge is 2.21. The van der Waals surface area contributed by atoms with E-state index in [0.717, 1.165) is 13.1 Å². The van der Waals surface area contributed by atoms with Crippen molar-refractivity contribution in [1.82, 2.24) is 10.6 Å². The Morgan fingerprint density at radius 1 is 1.44 bits per heavy atom. The van der Waals surface area contributed by atoms with Crippen molar-refractivity contribution in [3.8, 4) is 0 Å². The van der Waals surface area contributed by atoms with Crippen LogP contribution in [0, 0.1) is 11.8 Å². The van der Waals surface area contributed by atoms with E-state index in [1.54, 1.807) is 0 Å². The van der Waals surface area contributed by atoms with Gasteiger partial charge < -0.3 is 10.6 Å². The lowest BCUT2D eigenvalue weighted by Gasteiger charge is -2.29. The number of carbonyl (C=O) groups excluding carboxylic acids is 1. The van der Waals surface area contributed by atoms with E-state index in [-0.39, 0.29) is 18.3 Å². The first kappa shape index (κ1) is 15.7. The minimum atomic E-state index is 0. The fourth-order valence-corrected chi connectivity index (χ4v) is 2.11. The average molecular weight is 249 g/mol. The summed E-state index contributed by atoms with van der Waals surface area (Å²) in [5.74, 6) is 1.25. The summed E-state index contributed by atoms with van der Waals surface area (Å²) in [5, 5.41) is 6.48. The van der Waals surface area contributed by atoms with Crippen molar-refractivity contribution in [1.29, 1.82) is 0 Å². The number of halogens is 1. The second kappa shape index (κ2) is 7.91. The molecule has 1 rings (SSSR count). The Morgan fingerprint density at radius 3 is 2.62 bits per heavy atom. The van der Waals surface area contributed by atoms with Gasteiger partial charge in [-0.3, -0.25) is 4.79 Å². The largest absolute Gasteiger partial charge is 0.353 e. The summed E-state index contributed by atoms with van der Waals surface area (Å²) in [6, 6.07) is 0.309. The molecule has 0 saturated carbocycles. The van der Waals surface area contributed by atoms with Crippen LogP contribution in [0.25, 0.3) is 0 Å². The highest BCUT2D eigenvalue weighted by molar-refractivity contribution is 5.85. The number of nitrogens with one attached hydrogen (secondary N) is 2. The molecule has 0 spiro atoms. The first-order chi connectivity index (χ1) is 7.09. The molecule has 1 amide bonds. The van der Waals surface area contributed by atoms with E-state index in [1.165, 1.54) is 12.8 Å². The molecule has 2 atom stereocenters. The van der Waals surface area contributed by atoms with Crippen LogP contribution in [-0.2, 0) is 4.79 Å². The molecule has 96 valence electrons. The Hall–Kier alpha value is -0.280. The second-order valence-corrected chi connectivity index (χ2v) is 5.06. The number of rotatable bonds is 4. The van der Waals surface area contributed by atoms with Gasteiger partial charge in [-0.2, -0.15) is 0 Å². The Balaban J connectivity index is 0.00000225. The average Bonchev–Trinajstić information content (AvgIpc) is 2.17. The first-order valence-electron chi connectivity index (χ1n) is 6.09. The third-order valence-corrected chi connectivity index (χ3v) is 3.02. The van der Waals surface area contributed by atoms with Crippen molar-refractivity contribution < 1.29 is 4.79 Å². The number of amides is 1. The molecule has 0 aromatic heterocycles. The maximum Gasteiger partial charge on any atom is 0.220 e. The Kier molecular flexibility index (Phi) is 7.77. The predicted octanol–water partition coefficient (Wildman–Crippen LogP) is 1.96. The second-order valence-electron chi connectivity index (χ2n) is 5.06. The Morgan fingerprint density at radius 2 is 2.12 bits per heavy atom. The minimum Gasteiger partial charge on any atom is -0.353 e. The maximum absolute atomic E-state index is 11.6. The fourth-order valence-electron chi connectivity index (χ4n) is 2.11. The van der Waals surface area contributed by atoms with Gasteiger partial charge in [0.25, 0.3) is 0 Å². The van der Waals surface area contributed by atoms with Crippen molar-refractivity contribution in [3.63, 3.8) is 0 Å². The molecule has 1 heterocycles. The van der Waals surface area contributed by atoms with Crippen LogP contribution >= 0.6 is 12.4 Å². The van der Waals surface area contributed by atoms with Crippen molar-refractivity contribution in [2.75, 3.05) is 13.1 Å². The zero-order chi connectivity index (χ0) is 11.3. The molecule has 4 heteroatoms. The van der Waals surface area contributed by atoms with E-state index >= 15 is 0 Å². The molecule has 1 aliphatic rings. The smallest absolute Gasteiger partial charge is 0.220 e. The standard InChI is InChI=1S/C12H24N2O.ClH/c1-9(2)7-12(15)14-10(3)11-5-4-6-13-8-11;/h9-11,13H,4-8H2,1-3H3,(H,14,15);1H. The van der Waals surface area contributed by atoms with Crippen molar-refractivity contribution in [3.05, 3.63) is 0 Å². The van der Waals surface area contributed by atoms with Crippen LogP contribution < -0.4 is 10.6 Å². The highest BCUT2D eigenvalue weighted by Crippen LogP contribution is 2.14. The summed E-state index contributed by atoms with van der Waals surface area (Å²) in [5.41, 5.74) is 0. The molecule has 2 N–H and O–H groups in total. The summed E-state index contributed by atoms with van der Waals surface area (Å²) >= 11 is 0. The summed E-state index contributed by atoms with van der Waals surface area (Å²) in [7, 11) is 0. The van der Waals surface area contributed by atoms with Gasteiger partial charge in [0.15, 0.2) is 0 Å². The van der Waals surface area contributed by atoms with Crippen LogP contribution in [0.2, 0.25) is 0 Å². The van der Waals surface area contributed by atoms with E-state index in [0.29, 0.717) is 24.3 Å². The topological polar surface area (TPSA) is 41.1 Å². The van der Waals surface area contributed by atoms with E-state index < -0.39 is 0 Å². The number of piperidine rings is 1. The molecule has 1 aliphatic heterocycles. The highest BCUT2D eigenvalue weighted by atomic mass is 35.5. The molecule has 0 bridgehead atoms. The third-order valence-electron chi connectivity index (χ3n) is 3.02. The molecule has 0 radical (unpaired) electrons. The molecule has 1 saturated heterocycles. The zero-order valence-corrected chi connectivity index (χ0v) is 11.4. The van der Waals surface area contributed by atoms with Crippen molar-refractivity contribution >= 4 is 18.3 Å².